The molecular formula is C10H2Br2F14O. The Kier molecular flexibility index (Phi) is 8.10. The third kappa shape index (κ3) is 7.30. The first kappa shape index (κ1) is 26.3. The molecule has 0 amide bonds. The van der Waals surface area contributed by atoms with Gasteiger partial charge in [-0.25, -0.2) is 8.78 Å². The van der Waals surface area contributed by atoms with Crippen LogP contribution in [0.2, 0.25) is 0 Å². The summed E-state index contributed by atoms with van der Waals surface area (Å²) in [6.07, 6.45) is -34.1. The maximum atomic E-state index is 13.3. The zero-order valence-corrected chi connectivity index (χ0v) is 14.8. The molecular weight excluding hydrogens is 562 g/mol. The highest BCUT2D eigenvalue weighted by Gasteiger charge is 2.53. The number of hydrogen-bond donors (Lipinski definition) is 0. The zero-order chi connectivity index (χ0) is 22.2. The molecule has 0 saturated heterocycles. The Balaban J connectivity index is 6.68. The number of halogens is 16. The van der Waals surface area contributed by atoms with Crippen molar-refractivity contribution in [2.45, 2.75) is 37.0 Å². The van der Waals surface area contributed by atoms with E-state index in [1.165, 1.54) is 31.9 Å². The van der Waals surface area contributed by atoms with E-state index < -0.39 is 57.5 Å². The van der Waals surface area contributed by atoms with Crippen LogP contribution in [0.5, 0.6) is 0 Å². The molecule has 17 heteroatoms. The Morgan fingerprint density at radius 3 is 0.926 bits per heavy atom. The number of rotatable bonds is 4. The van der Waals surface area contributed by atoms with Crippen molar-refractivity contribution in [3.05, 3.63) is 20.5 Å². The number of hydrogen-bond acceptors (Lipinski definition) is 1. The van der Waals surface area contributed by atoms with Crippen LogP contribution in [0.4, 0.5) is 61.5 Å². The molecule has 0 heterocycles. The van der Waals surface area contributed by atoms with Crippen molar-refractivity contribution in [3.63, 3.8) is 0 Å². The summed E-state index contributed by atoms with van der Waals surface area (Å²) in [6, 6.07) is 0. The Morgan fingerprint density at radius 1 is 0.556 bits per heavy atom. The molecule has 0 aliphatic heterocycles. The van der Waals surface area contributed by atoms with Gasteiger partial charge in [-0.3, -0.25) is 0 Å². The van der Waals surface area contributed by atoms with Gasteiger partial charge in [-0.15, -0.1) is 0 Å². The molecule has 0 aromatic heterocycles. The lowest BCUT2D eigenvalue weighted by Gasteiger charge is -2.24. The monoisotopic (exact) mass is 562 g/mol. The third-order valence-corrected chi connectivity index (χ3v) is 3.87. The first-order valence-electron chi connectivity index (χ1n) is 5.65. The highest BCUT2D eigenvalue weighted by Crippen LogP contribution is 2.44. The standard InChI is InChI=1S/C10H2Br2F14O/c11-3(7(15,16)17)1(5(13)9(21,22)23)27-2(4(12)8(18,19)20)6(14)10(24,25)26/h5-6H. The summed E-state index contributed by atoms with van der Waals surface area (Å²) in [4.78, 5) is 0. The second kappa shape index (κ2) is 8.32. The van der Waals surface area contributed by atoms with Crippen molar-refractivity contribution in [1.82, 2.24) is 0 Å². The molecule has 2 atom stereocenters. The Labute approximate surface area is 156 Å². The van der Waals surface area contributed by atoms with Crippen LogP contribution in [0.25, 0.3) is 0 Å². The van der Waals surface area contributed by atoms with Gasteiger partial charge in [0.25, 0.3) is 12.3 Å². The van der Waals surface area contributed by atoms with Gasteiger partial charge in [-0.2, -0.15) is 52.7 Å². The summed E-state index contributed by atoms with van der Waals surface area (Å²) in [5, 5.41) is 0. The van der Waals surface area contributed by atoms with Crippen molar-refractivity contribution in [2.24, 2.45) is 0 Å². The van der Waals surface area contributed by atoms with E-state index in [2.05, 4.69) is 4.74 Å². The van der Waals surface area contributed by atoms with Crippen molar-refractivity contribution in [1.29, 1.82) is 0 Å². The quantitative estimate of drug-likeness (QED) is 0.261. The first-order valence-corrected chi connectivity index (χ1v) is 7.23. The van der Waals surface area contributed by atoms with Gasteiger partial charge >= 0.3 is 24.7 Å². The smallest absolute Gasteiger partial charge is 0.427 e. The summed E-state index contributed by atoms with van der Waals surface area (Å²) in [7, 11) is 0. The molecule has 2 unspecified atom stereocenters. The predicted molar refractivity (Wildman–Crippen MR) is 67.0 cm³/mol. The van der Waals surface area contributed by atoms with Gasteiger partial charge in [-0.1, -0.05) is 0 Å². The van der Waals surface area contributed by atoms with Gasteiger partial charge in [0.2, 0.25) is 0 Å². The van der Waals surface area contributed by atoms with Gasteiger partial charge in [0.15, 0.2) is 11.5 Å². The Morgan fingerprint density at radius 2 is 0.778 bits per heavy atom. The minimum Gasteiger partial charge on any atom is -0.457 e. The molecule has 160 valence electrons. The minimum atomic E-state index is -6.25. The molecule has 0 N–H and O–H groups in total. The molecule has 0 aliphatic carbocycles. The molecule has 0 aliphatic rings. The van der Waals surface area contributed by atoms with E-state index in [4.69, 9.17) is 0 Å². The topological polar surface area (TPSA) is 9.23 Å². The van der Waals surface area contributed by atoms with Gasteiger partial charge in [0.05, 0.1) is 0 Å². The fourth-order valence-electron chi connectivity index (χ4n) is 1.11. The van der Waals surface area contributed by atoms with Crippen LogP contribution in [-0.2, 0) is 4.74 Å². The molecule has 0 bridgehead atoms. The molecule has 1 nitrogen and oxygen atoms in total. The lowest BCUT2D eigenvalue weighted by Crippen LogP contribution is -2.34. The molecule has 0 aromatic carbocycles. The van der Waals surface area contributed by atoms with Crippen LogP contribution in [-0.4, -0.2) is 37.0 Å². The maximum Gasteiger partial charge on any atom is 0.427 e. The van der Waals surface area contributed by atoms with Gasteiger partial charge < -0.3 is 4.74 Å². The van der Waals surface area contributed by atoms with E-state index in [9.17, 15) is 61.5 Å². The van der Waals surface area contributed by atoms with E-state index in [0.717, 1.165) is 0 Å². The molecule has 0 fully saturated rings. The number of alkyl halides is 14. The molecule has 0 spiro atoms. The molecule has 0 saturated carbocycles. The molecule has 27 heavy (non-hydrogen) atoms. The van der Waals surface area contributed by atoms with Crippen LogP contribution in [0.1, 0.15) is 0 Å². The molecule has 0 radical (unpaired) electrons. The van der Waals surface area contributed by atoms with E-state index >= 15 is 0 Å². The van der Waals surface area contributed by atoms with E-state index in [-0.39, 0.29) is 0 Å². The van der Waals surface area contributed by atoms with E-state index in [1.54, 1.807) is 0 Å². The largest absolute Gasteiger partial charge is 0.457 e. The first-order chi connectivity index (χ1) is 11.6. The van der Waals surface area contributed by atoms with Gasteiger partial charge in [0, 0.05) is 0 Å². The average Bonchev–Trinajstić information content (AvgIpc) is 2.42. The second-order valence-corrected chi connectivity index (χ2v) is 5.85. The molecule has 0 rings (SSSR count). The van der Waals surface area contributed by atoms with E-state index in [0.29, 0.717) is 0 Å². The average molecular weight is 564 g/mol. The van der Waals surface area contributed by atoms with Crippen molar-refractivity contribution in [3.8, 4) is 0 Å². The maximum absolute atomic E-state index is 13.3. The van der Waals surface area contributed by atoms with E-state index in [1.807, 2.05) is 0 Å². The summed E-state index contributed by atoms with van der Waals surface area (Å²) in [5.74, 6) is -6.23. The summed E-state index contributed by atoms with van der Waals surface area (Å²) in [5.41, 5.74) is 0. The van der Waals surface area contributed by atoms with Crippen LogP contribution < -0.4 is 0 Å². The van der Waals surface area contributed by atoms with Crippen molar-refractivity contribution in [2.75, 3.05) is 0 Å². The number of ether oxygens (including phenoxy) is 1. The zero-order valence-electron chi connectivity index (χ0n) is 11.6. The van der Waals surface area contributed by atoms with Crippen LogP contribution in [0.3, 0.4) is 0 Å². The lowest BCUT2D eigenvalue weighted by atomic mass is 10.2. The lowest BCUT2D eigenvalue weighted by molar-refractivity contribution is -0.190. The third-order valence-electron chi connectivity index (χ3n) is 2.19. The van der Waals surface area contributed by atoms with Crippen LogP contribution >= 0.6 is 31.9 Å². The second-order valence-electron chi connectivity index (χ2n) is 4.26. The number of allylic oxidation sites excluding steroid dienone is 4. The summed E-state index contributed by atoms with van der Waals surface area (Å²) >= 11 is 2.70. The Hall–Kier alpha value is -0.740. The van der Waals surface area contributed by atoms with Crippen LogP contribution in [0.15, 0.2) is 20.5 Å². The fraction of sp³-hybridized carbons (Fsp3) is 0.600. The normalized spacial score (nSPS) is 18.5. The fourth-order valence-corrected chi connectivity index (χ4v) is 1.67. The van der Waals surface area contributed by atoms with Crippen LogP contribution in [0, 0.1) is 0 Å². The van der Waals surface area contributed by atoms with Gasteiger partial charge in [0.1, 0.15) is 8.96 Å². The highest BCUT2D eigenvalue weighted by atomic mass is 79.9. The minimum absolute atomic E-state index is 1.35. The summed E-state index contributed by atoms with van der Waals surface area (Å²) < 4.78 is 173. The van der Waals surface area contributed by atoms with Crippen molar-refractivity contribution >= 4 is 31.9 Å². The van der Waals surface area contributed by atoms with Gasteiger partial charge in [-0.05, 0) is 31.9 Å². The predicted octanol–water partition coefficient (Wildman–Crippen LogP) is 7.14. The highest BCUT2D eigenvalue weighted by molar-refractivity contribution is 9.12. The van der Waals surface area contributed by atoms with Crippen molar-refractivity contribution < 1.29 is 66.2 Å². The Bertz CT molecular complexity index is 541. The molecule has 0 aromatic rings. The SMILES string of the molecule is FC(C(OC(=C(Br)C(F)(F)F)C(F)C(F)(F)F)=C(Br)C(F)(F)F)C(F)(F)F. The summed E-state index contributed by atoms with van der Waals surface area (Å²) in [6.45, 7) is 0.